The minimum absolute atomic E-state index is 0.380. The van der Waals surface area contributed by atoms with Crippen LogP contribution in [0.25, 0.3) is 10.2 Å². The Kier molecular flexibility index (Phi) is 3.10. The zero-order chi connectivity index (χ0) is 14.3. The molecule has 0 amide bonds. The third-order valence-electron chi connectivity index (χ3n) is 3.62. The lowest BCUT2D eigenvalue weighted by molar-refractivity contribution is 0.467. The van der Waals surface area contributed by atoms with Gasteiger partial charge in [-0.2, -0.15) is 0 Å². The first-order chi connectivity index (χ1) is 9.58. The standard InChI is InChI=1S/C16H16N2OS/c1-9-10(2)14(19)11(3)15-13(9)18-16(20-15)17-12-7-5-4-6-8-12/h4-8,19H,1-3H3,(H,17,18). The molecule has 0 fully saturated rings. The van der Waals surface area contributed by atoms with E-state index in [1.54, 1.807) is 11.3 Å². The van der Waals surface area contributed by atoms with Crippen molar-refractivity contribution in [1.29, 1.82) is 0 Å². The van der Waals surface area contributed by atoms with Crippen LogP contribution >= 0.6 is 11.3 Å². The Morgan fingerprint density at radius 2 is 1.70 bits per heavy atom. The smallest absolute Gasteiger partial charge is 0.188 e. The average Bonchev–Trinajstić information content (AvgIpc) is 2.88. The largest absolute Gasteiger partial charge is 0.507 e. The van der Waals surface area contributed by atoms with Crippen molar-refractivity contribution in [2.75, 3.05) is 5.32 Å². The van der Waals surface area contributed by atoms with E-state index in [1.165, 1.54) is 0 Å². The lowest BCUT2D eigenvalue weighted by atomic mass is 10.0. The van der Waals surface area contributed by atoms with Crippen molar-refractivity contribution in [1.82, 2.24) is 4.98 Å². The molecule has 3 aromatic rings. The number of fused-ring (bicyclic) bond motifs is 1. The fraction of sp³-hybridized carbons (Fsp3) is 0.188. The summed E-state index contributed by atoms with van der Waals surface area (Å²) < 4.78 is 1.05. The highest BCUT2D eigenvalue weighted by molar-refractivity contribution is 7.22. The molecule has 20 heavy (non-hydrogen) atoms. The predicted octanol–water partition coefficient (Wildman–Crippen LogP) is 4.67. The van der Waals surface area contributed by atoms with Crippen LogP contribution in [0, 0.1) is 20.8 Å². The Morgan fingerprint density at radius 3 is 2.40 bits per heavy atom. The maximum atomic E-state index is 10.1. The second kappa shape index (κ2) is 4.80. The summed E-state index contributed by atoms with van der Waals surface area (Å²) in [6.07, 6.45) is 0. The van der Waals surface area contributed by atoms with Crippen LogP contribution in [-0.2, 0) is 0 Å². The van der Waals surface area contributed by atoms with Crippen molar-refractivity contribution in [3.8, 4) is 5.75 Å². The number of aryl methyl sites for hydroxylation is 2. The van der Waals surface area contributed by atoms with Gasteiger partial charge in [0, 0.05) is 11.3 Å². The van der Waals surface area contributed by atoms with Crippen molar-refractivity contribution >= 4 is 32.4 Å². The van der Waals surface area contributed by atoms with Crippen LogP contribution in [0.15, 0.2) is 30.3 Å². The van der Waals surface area contributed by atoms with E-state index in [4.69, 9.17) is 0 Å². The molecule has 0 bridgehead atoms. The highest BCUT2D eigenvalue weighted by Gasteiger charge is 2.15. The van der Waals surface area contributed by atoms with Crippen molar-refractivity contribution in [3.63, 3.8) is 0 Å². The Balaban J connectivity index is 2.12. The first kappa shape index (κ1) is 12.9. The number of para-hydroxylation sites is 1. The molecule has 2 N–H and O–H groups in total. The SMILES string of the molecule is Cc1c(O)c(C)c2sc(Nc3ccccc3)nc2c1C. The van der Waals surface area contributed by atoms with E-state index in [-0.39, 0.29) is 0 Å². The van der Waals surface area contributed by atoms with Gasteiger partial charge in [-0.1, -0.05) is 29.5 Å². The molecule has 0 unspecified atom stereocenters. The molecular formula is C16H16N2OS. The van der Waals surface area contributed by atoms with Crippen LogP contribution in [0.2, 0.25) is 0 Å². The minimum Gasteiger partial charge on any atom is -0.507 e. The molecule has 3 rings (SSSR count). The molecule has 0 spiro atoms. The highest BCUT2D eigenvalue weighted by Crippen LogP contribution is 2.39. The van der Waals surface area contributed by atoms with Crippen molar-refractivity contribution < 1.29 is 5.11 Å². The van der Waals surface area contributed by atoms with Gasteiger partial charge in [0.2, 0.25) is 0 Å². The molecule has 0 aliphatic heterocycles. The maximum Gasteiger partial charge on any atom is 0.188 e. The van der Waals surface area contributed by atoms with E-state index in [2.05, 4.69) is 10.3 Å². The van der Waals surface area contributed by atoms with Gasteiger partial charge in [-0.25, -0.2) is 4.98 Å². The summed E-state index contributed by atoms with van der Waals surface area (Å²) in [5.41, 5.74) is 4.85. The summed E-state index contributed by atoms with van der Waals surface area (Å²) in [7, 11) is 0. The Hall–Kier alpha value is -2.07. The van der Waals surface area contributed by atoms with Crippen LogP contribution in [-0.4, -0.2) is 10.1 Å². The number of phenolic OH excluding ortho intramolecular Hbond substituents is 1. The topological polar surface area (TPSA) is 45.1 Å². The zero-order valence-corrected chi connectivity index (χ0v) is 12.5. The van der Waals surface area contributed by atoms with Crippen LogP contribution in [0.5, 0.6) is 5.75 Å². The number of benzene rings is 2. The first-order valence-electron chi connectivity index (χ1n) is 6.49. The quantitative estimate of drug-likeness (QED) is 0.718. The Labute approximate surface area is 121 Å². The molecule has 0 atom stereocenters. The van der Waals surface area contributed by atoms with E-state index in [1.807, 2.05) is 51.1 Å². The Morgan fingerprint density at radius 1 is 1.00 bits per heavy atom. The number of hydrogen-bond acceptors (Lipinski definition) is 4. The fourth-order valence-electron chi connectivity index (χ4n) is 2.27. The summed E-state index contributed by atoms with van der Waals surface area (Å²) in [5.74, 6) is 0.380. The highest BCUT2D eigenvalue weighted by atomic mass is 32.1. The second-order valence-corrected chi connectivity index (χ2v) is 5.91. The third kappa shape index (κ3) is 2.02. The zero-order valence-electron chi connectivity index (χ0n) is 11.7. The molecule has 0 aliphatic rings. The van der Waals surface area contributed by atoms with Gasteiger partial charge in [-0.15, -0.1) is 0 Å². The Bertz CT molecular complexity index is 733. The lowest BCUT2D eigenvalue weighted by Gasteiger charge is -2.07. The van der Waals surface area contributed by atoms with E-state index in [0.717, 1.165) is 37.7 Å². The number of phenols is 1. The van der Waals surface area contributed by atoms with Crippen LogP contribution in [0.3, 0.4) is 0 Å². The summed E-state index contributed by atoms with van der Waals surface area (Å²) in [6, 6.07) is 9.98. The summed E-state index contributed by atoms with van der Waals surface area (Å²) >= 11 is 1.57. The maximum absolute atomic E-state index is 10.1. The van der Waals surface area contributed by atoms with Gasteiger partial charge in [0.05, 0.1) is 10.2 Å². The number of nitrogens with one attached hydrogen (secondary N) is 1. The summed E-state index contributed by atoms with van der Waals surface area (Å²) in [5, 5.41) is 14.3. The molecule has 2 aromatic carbocycles. The van der Waals surface area contributed by atoms with E-state index >= 15 is 0 Å². The number of aromatic hydroxyl groups is 1. The number of rotatable bonds is 2. The molecule has 0 aliphatic carbocycles. The predicted molar refractivity (Wildman–Crippen MR) is 85.2 cm³/mol. The molecule has 4 heteroatoms. The minimum atomic E-state index is 0.380. The van der Waals surface area contributed by atoms with Crippen molar-refractivity contribution in [2.45, 2.75) is 20.8 Å². The van der Waals surface area contributed by atoms with Crippen LogP contribution in [0.4, 0.5) is 10.8 Å². The third-order valence-corrected chi connectivity index (χ3v) is 4.71. The first-order valence-corrected chi connectivity index (χ1v) is 7.31. The summed E-state index contributed by atoms with van der Waals surface area (Å²) in [6.45, 7) is 5.87. The molecule has 0 saturated heterocycles. The van der Waals surface area contributed by atoms with E-state index in [9.17, 15) is 5.11 Å². The molecular weight excluding hydrogens is 268 g/mol. The molecule has 1 aromatic heterocycles. The van der Waals surface area contributed by atoms with Gasteiger partial charge in [0.1, 0.15) is 5.75 Å². The summed E-state index contributed by atoms with van der Waals surface area (Å²) in [4.78, 5) is 4.67. The van der Waals surface area contributed by atoms with Gasteiger partial charge in [0.15, 0.2) is 5.13 Å². The molecule has 3 nitrogen and oxygen atoms in total. The normalized spacial score (nSPS) is 10.9. The van der Waals surface area contributed by atoms with Crippen molar-refractivity contribution in [2.24, 2.45) is 0 Å². The van der Waals surface area contributed by atoms with E-state index < -0.39 is 0 Å². The lowest BCUT2D eigenvalue weighted by Crippen LogP contribution is -1.89. The average molecular weight is 284 g/mol. The van der Waals surface area contributed by atoms with Crippen LogP contribution < -0.4 is 5.32 Å². The van der Waals surface area contributed by atoms with Gasteiger partial charge in [0.25, 0.3) is 0 Å². The number of aromatic nitrogens is 1. The molecule has 102 valence electrons. The second-order valence-electron chi connectivity index (χ2n) is 4.91. The van der Waals surface area contributed by atoms with Gasteiger partial charge >= 0.3 is 0 Å². The van der Waals surface area contributed by atoms with Crippen molar-refractivity contribution in [3.05, 3.63) is 47.0 Å². The number of anilines is 2. The fourth-order valence-corrected chi connectivity index (χ4v) is 3.32. The number of thiazole rings is 1. The van der Waals surface area contributed by atoms with Gasteiger partial charge in [-0.05, 0) is 44.0 Å². The van der Waals surface area contributed by atoms with Gasteiger partial charge in [-0.3, -0.25) is 0 Å². The number of nitrogens with zero attached hydrogens (tertiary/aromatic N) is 1. The van der Waals surface area contributed by atoms with Crippen LogP contribution in [0.1, 0.15) is 16.7 Å². The number of hydrogen-bond donors (Lipinski definition) is 2. The molecule has 0 saturated carbocycles. The monoisotopic (exact) mass is 284 g/mol. The van der Waals surface area contributed by atoms with E-state index in [0.29, 0.717) is 5.75 Å². The molecule has 0 radical (unpaired) electrons. The van der Waals surface area contributed by atoms with Gasteiger partial charge < -0.3 is 10.4 Å². The molecule has 1 heterocycles.